The molecule has 3 N–H and O–H groups in total. The molecule has 1 aromatic carbocycles. The molecule has 0 unspecified atom stereocenters. The second-order valence-electron chi connectivity index (χ2n) is 5.27. The van der Waals surface area contributed by atoms with Crippen molar-refractivity contribution >= 4 is 22.7 Å². The molecule has 0 aliphatic carbocycles. The summed E-state index contributed by atoms with van der Waals surface area (Å²) in [5.41, 5.74) is 7.55. The van der Waals surface area contributed by atoms with Crippen LogP contribution < -0.4 is 11.1 Å². The lowest BCUT2D eigenvalue weighted by atomic mass is 10.2. The maximum atomic E-state index is 12.2. The number of methoxy groups -OCH3 is 1. The summed E-state index contributed by atoms with van der Waals surface area (Å²) < 4.78 is 16.1. The lowest BCUT2D eigenvalue weighted by Crippen LogP contribution is -2.29. The normalized spacial score (nSPS) is 21.4. The number of hydrogen-bond donors (Lipinski definition) is 2. The van der Waals surface area contributed by atoms with Crippen LogP contribution in [0.2, 0.25) is 0 Å². The number of hydrogen-bond acceptors (Lipinski definition) is 6. The zero-order valence-electron chi connectivity index (χ0n) is 12.4. The average Bonchev–Trinajstić information content (AvgIpc) is 3.13. The predicted octanol–water partition coefficient (Wildman–Crippen LogP) is 1.42. The number of carbonyl (C=O) groups excluding carboxylic acids is 1. The minimum Gasteiger partial charge on any atom is -0.438 e. The SMILES string of the molecule is COCc1nc2cc(NC(=O)[C@@H]3CC[C@H](CN)O3)ccc2o1. The predicted molar refractivity (Wildman–Crippen MR) is 80.3 cm³/mol. The fraction of sp³-hybridized carbons (Fsp3) is 0.467. The van der Waals surface area contributed by atoms with E-state index in [1.54, 1.807) is 25.3 Å². The Morgan fingerprint density at radius 2 is 2.36 bits per heavy atom. The Hall–Kier alpha value is -1.96. The molecule has 0 radical (unpaired) electrons. The second kappa shape index (κ2) is 6.43. The van der Waals surface area contributed by atoms with Crippen LogP contribution in [0.1, 0.15) is 18.7 Å². The average molecular weight is 305 g/mol. The zero-order chi connectivity index (χ0) is 15.5. The van der Waals surface area contributed by atoms with Gasteiger partial charge in [0, 0.05) is 19.3 Å². The number of nitrogens with zero attached hydrogens (tertiary/aromatic N) is 1. The van der Waals surface area contributed by atoms with Crippen molar-refractivity contribution in [3.05, 3.63) is 24.1 Å². The number of nitrogens with two attached hydrogens (primary N) is 1. The Labute approximate surface area is 127 Å². The molecule has 7 nitrogen and oxygen atoms in total. The standard InChI is InChI=1S/C15H19N3O4/c1-20-8-14-18-11-6-9(2-4-12(11)22-14)17-15(19)13-5-3-10(7-16)21-13/h2,4,6,10,13H,3,5,7-8,16H2,1H3,(H,17,19)/t10-,13+/m1/s1. The fourth-order valence-electron chi connectivity index (χ4n) is 2.53. The van der Waals surface area contributed by atoms with Gasteiger partial charge in [0.15, 0.2) is 5.58 Å². The van der Waals surface area contributed by atoms with Crippen molar-refractivity contribution in [3.63, 3.8) is 0 Å². The van der Waals surface area contributed by atoms with E-state index in [1.807, 2.05) is 0 Å². The topological polar surface area (TPSA) is 99.6 Å². The largest absolute Gasteiger partial charge is 0.438 e. The summed E-state index contributed by atoms with van der Waals surface area (Å²) in [6.45, 7) is 0.754. The van der Waals surface area contributed by atoms with E-state index in [2.05, 4.69) is 10.3 Å². The summed E-state index contributed by atoms with van der Waals surface area (Å²) in [4.78, 5) is 16.5. The Morgan fingerprint density at radius 3 is 3.09 bits per heavy atom. The van der Waals surface area contributed by atoms with Gasteiger partial charge in [0.25, 0.3) is 5.91 Å². The van der Waals surface area contributed by atoms with Crippen LogP contribution in [-0.2, 0) is 20.9 Å². The van der Waals surface area contributed by atoms with Crippen LogP contribution in [0.4, 0.5) is 5.69 Å². The van der Waals surface area contributed by atoms with Crippen LogP contribution >= 0.6 is 0 Å². The molecule has 1 aliphatic rings. The number of carbonyl (C=O) groups is 1. The van der Waals surface area contributed by atoms with E-state index in [-0.39, 0.29) is 12.0 Å². The van der Waals surface area contributed by atoms with Crippen molar-refractivity contribution in [2.75, 3.05) is 19.0 Å². The highest BCUT2D eigenvalue weighted by atomic mass is 16.5. The Balaban J connectivity index is 1.69. The monoisotopic (exact) mass is 305 g/mol. The highest BCUT2D eigenvalue weighted by Crippen LogP contribution is 2.23. The lowest BCUT2D eigenvalue weighted by Gasteiger charge is -2.12. The van der Waals surface area contributed by atoms with Gasteiger partial charge in [0.05, 0.1) is 6.10 Å². The molecule has 22 heavy (non-hydrogen) atoms. The Kier molecular flexibility index (Phi) is 4.37. The quantitative estimate of drug-likeness (QED) is 0.866. The van der Waals surface area contributed by atoms with Crippen molar-refractivity contribution in [3.8, 4) is 0 Å². The van der Waals surface area contributed by atoms with Gasteiger partial charge in [-0.15, -0.1) is 0 Å². The number of rotatable bonds is 5. The number of oxazole rings is 1. The molecule has 0 bridgehead atoms. The second-order valence-corrected chi connectivity index (χ2v) is 5.27. The van der Waals surface area contributed by atoms with Gasteiger partial charge in [-0.3, -0.25) is 4.79 Å². The van der Waals surface area contributed by atoms with Gasteiger partial charge in [0.2, 0.25) is 5.89 Å². The number of aromatic nitrogens is 1. The van der Waals surface area contributed by atoms with Crippen molar-refractivity contribution < 1.29 is 18.7 Å². The summed E-state index contributed by atoms with van der Waals surface area (Å²) in [6.07, 6.45) is 1.05. The first-order valence-corrected chi connectivity index (χ1v) is 7.24. The van der Waals surface area contributed by atoms with Crippen LogP contribution in [0.3, 0.4) is 0 Å². The number of anilines is 1. The minimum atomic E-state index is -0.439. The summed E-state index contributed by atoms with van der Waals surface area (Å²) in [5.74, 6) is 0.349. The molecule has 118 valence electrons. The van der Waals surface area contributed by atoms with Crippen LogP contribution in [0.15, 0.2) is 22.6 Å². The number of fused-ring (bicyclic) bond motifs is 1. The molecule has 2 atom stereocenters. The van der Waals surface area contributed by atoms with Crippen LogP contribution in [0.5, 0.6) is 0 Å². The molecule has 1 aliphatic heterocycles. The van der Waals surface area contributed by atoms with Crippen molar-refractivity contribution in [1.82, 2.24) is 4.98 Å². The third kappa shape index (κ3) is 3.11. The van der Waals surface area contributed by atoms with Crippen LogP contribution in [0, 0.1) is 0 Å². The number of amides is 1. The maximum Gasteiger partial charge on any atom is 0.253 e. The van der Waals surface area contributed by atoms with Crippen molar-refractivity contribution in [1.29, 1.82) is 0 Å². The maximum absolute atomic E-state index is 12.2. The Bertz CT molecular complexity index is 670. The molecule has 0 saturated carbocycles. The molecule has 3 rings (SSSR count). The first-order valence-electron chi connectivity index (χ1n) is 7.24. The van der Waals surface area contributed by atoms with Gasteiger partial charge < -0.3 is 24.9 Å². The lowest BCUT2D eigenvalue weighted by molar-refractivity contribution is -0.126. The third-order valence-corrected chi connectivity index (χ3v) is 3.63. The molecule has 1 aromatic heterocycles. The first kappa shape index (κ1) is 15.0. The van der Waals surface area contributed by atoms with Gasteiger partial charge in [-0.1, -0.05) is 0 Å². The van der Waals surface area contributed by atoms with E-state index >= 15 is 0 Å². The highest BCUT2D eigenvalue weighted by Gasteiger charge is 2.29. The van der Waals surface area contributed by atoms with Gasteiger partial charge >= 0.3 is 0 Å². The van der Waals surface area contributed by atoms with Gasteiger partial charge in [-0.2, -0.15) is 0 Å². The minimum absolute atomic E-state index is 0.0228. The molecule has 1 fully saturated rings. The first-order chi connectivity index (χ1) is 10.7. The molecular formula is C15H19N3O4. The van der Waals surface area contributed by atoms with Crippen LogP contribution in [-0.4, -0.2) is 36.8 Å². The summed E-state index contributed by atoms with van der Waals surface area (Å²) in [5, 5.41) is 2.84. The molecule has 1 amide bonds. The Morgan fingerprint density at radius 1 is 1.50 bits per heavy atom. The van der Waals surface area contributed by atoms with Crippen LogP contribution in [0.25, 0.3) is 11.1 Å². The number of benzene rings is 1. The molecule has 2 aromatic rings. The third-order valence-electron chi connectivity index (χ3n) is 3.63. The fourth-order valence-corrected chi connectivity index (χ4v) is 2.53. The summed E-state index contributed by atoms with van der Waals surface area (Å²) in [7, 11) is 1.58. The van der Waals surface area contributed by atoms with Crippen molar-refractivity contribution in [2.45, 2.75) is 31.7 Å². The van der Waals surface area contributed by atoms with Gasteiger partial charge in [-0.25, -0.2) is 4.98 Å². The molecule has 0 spiro atoms. The summed E-state index contributed by atoms with van der Waals surface area (Å²) >= 11 is 0. The van der Waals surface area contributed by atoms with E-state index < -0.39 is 6.10 Å². The van der Waals surface area contributed by atoms with E-state index in [1.165, 1.54) is 0 Å². The molecule has 2 heterocycles. The highest BCUT2D eigenvalue weighted by molar-refractivity contribution is 5.95. The van der Waals surface area contributed by atoms with E-state index in [0.29, 0.717) is 42.3 Å². The molecule has 7 heteroatoms. The number of ether oxygens (including phenoxy) is 2. The molecule has 1 saturated heterocycles. The van der Waals surface area contributed by atoms with Gasteiger partial charge in [0.1, 0.15) is 18.2 Å². The van der Waals surface area contributed by atoms with Crippen molar-refractivity contribution in [2.24, 2.45) is 5.73 Å². The van der Waals surface area contributed by atoms with E-state index in [9.17, 15) is 4.79 Å². The molecular weight excluding hydrogens is 286 g/mol. The zero-order valence-corrected chi connectivity index (χ0v) is 12.4. The van der Waals surface area contributed by atoms with Gasteiger partial charge in [-0.05, 0) is 31.0 Å². The number of nitrogens with one attached hydrogen (secondary N) is 1. The summed E-state index contributed by atoms with van der Waals surface area (Å²) in [6, 6.07) is 5.32. The smallest absolute Gasteiger partial charge is 0.253 e. The van der Waals surface area contributed by atoms with E-state index in [0.717, 1.165) is 6.42 Å². The van der Waals surface area contributed by atoms with E-state index in [4.69, 9.17) is 19.6 Å².